The third kappa shape index (κ3) is 3.88. The van der Waals surface area contributed by atoms with E-state index in [1.165, 1.54) is 0 Å². The topological polar surface area (TPSA) is 98.5 Å². The summed E-state index contributed by atoms with van der Waals surface area (Å²) in [6, 6.07) is 0.953. The lowest BCUT2D eigenvalue weighted by atomic mass is 10.0. The van der Waals surface area contributed by atoms with Gasteiger partial charge in [-0.05, 0) is 25.0 Å². The van der Waals surface area contributed by atoms with Crippen molar-refractivity contribution >= 4 is 22.6 Å². The maximum absolute atomic E-state index is 12.9. The molecule has 0 bridgehead atoms. The number of hydrogen-bond donors (Lipinski definition) is 2. The Labute approximate surface area is 133 Å². The molecule has 0 aliphatic carbocycles. The predicted molar refractivity (Wildman–Crippen MR) is 78.8 cm³/mol. The Kier molecular flexibility index (Phi) is 5.07. The Morgan fingerprint density at radius 3 is 2.70 bits per heavy atom. The average molecular weight is 352 g/mol. The van der Waals surface area contributed by atoms with Crippen LogP contribution in [0, 0.1) is 10.1 Å². The Balaban J connectivity index is 2.28. The fraction of sp³-hybridized carbons (Fsp3) is 0.538. The normalized spacial score (nSPS) is 19.8. The molecule has 2 N–H and O–H groups in total. The second-order valence-electron chi connectivity index (χ2n) is 5.20. The molecular formula is C13H15F3N2O4S. The van der Waals surface area contributed by atoms with Crippen LogP contribution in [0.2, 0.25) is 0 Å². The van der Waals surface area contributed by atoms with Gasteiger partial charge < -0.3 is 15.0 Å². The largest absolute Gasteiger partial charge is 0.616 e. The molecule has 128 valence electrons. The van der Waals surface area contributed by atoms with Crippen LogP contribution in [-0.4, -0.2) is 38.2 Å². The van der Waals surface area contributed by atoms with Gasteiger partial charge in [-0.2, -0.15) is 13.2 Å². The lowest BCUT2D eigenvalue weighted by Gasteiger charge is -2.20. The number of benzene rings is 1. The first-order chi connectivity index (χ1) is 10.6. The number of nitrogens with zero attached hydrogens (tertiary/aromatic N) is 1. The van der Waals surface area contributed by atoms with Crippen molar-refractivity contribution in [3.05, 3.63) is 33.4 Å². The first-order valence-electron chi connectivity index (χ1n) is 6.81. The quantitative estimate of drug-likeness (QED) is 0.480. The van der Waals surface area contributed by atoms with Gasteiger partial charge >= 0.3 is 6.18 Å². The molecule has 0 saturated heterocycles. The van der Waals surface area contributed by atoms with E-state index in [0.717, 1.165) is 6.07 Å². The van der Waals surface area contributed by atoms with E-state index in [9.17, 15) is 32.9 Å². The highest BCUT2D eigenvalue weighted by atomic mass is 32.2. The molecule has 0 amide bonds. The number of hydrogen-bond acceptors (Lipinski definition) is 5. The Bertz CT molecular complexity index is 612. The highest BCUT2D eigenvalue weighted by Crippen LogP contribution is 2.41. The van der Waals surface area contributed by atoms with Gasteiger partial charge in [-0.25, -0.2) is 0 Å². The molecule has 0 aromatic heterocycles. The monoisotopic (exact) mass is 352 g/mol. The van der Waals surface area contributed by atoms with E-state index in [1.807, 2.05) is 0 Å². The summed E-state index contributed by atoms with van der Waals surface area (Å²) >= 11 is -1.23. The fourth-order valence-electron chi connectivity index (χ4n) is 2.46. The third-order valence-electron chi connectivity index (χ3n) is 3.65. The number of rotatable bonds is 5. The molecule has 0 fully saturated rings. The lowest BCUT2D eigenvalue weighted by molar-refractivity contribution is -0.388. The number of nitro benzene ring substituents is 1. The average Bonchev–Trinajstić information content (AvgIpc) is 2.87. The number of halogens is 3. The lowest BCUT2D eigenvalue weighted by Crippen LogP contribution is -2.37. The molecule has 6 nitrogen and oxygen atoms in total. The van der Waals surface area contributed by atoms with Crippen molar-refractivity contribution in [2.45, 2.75) is 31.7 Å². The van der Waals surface area contributed by atoms with E-state index >= 15 is 0 Å². The van der Waals surface area contributed by atoms with E-state index < -0.39 is 45.7 Å². The van der Waals surface area contributed by atoms with E-state index in [-0.39, 0.29) is 17.9 Å². The smallest absolute Gasteiger partial charge is 0.423 e. The molecule has 3 unspecified atom stereocenters. The summed E-state index contributed by atoms with van der Waals surface area (Å²) < 4.78 is 50.3. The number of aliphatic hydroxyl groups excluding tert-OH is 1. The van der Waals surface area contributed by atoms with E-state index in [4.69, 9.17) is 0 Å². The fourth-order valence-corrected chi connectivity index (χ4v) is 3.31. The van der Waals surface area contributed by atoms with Crippen molar-refractivity contribution in [1.29, 1.82) is 0 Å². The summed E-state index contributed by atoms with van der Waals surface area (Å²) in [5.74, 6) is 0.358. The summed E-state index contributed by atoms with van der Waals surface area (Å²) in [5.41, 5.74) is -1.91. The summed E-state index contributed by atoms with van der Waals surface area (Å²) in [7, 11) is 0. The SMILES string of the molecule is CC[S+]([O-])CC(O)C1Cc2cc([N+](=O)[O-])c(C(F)(F)F)cc2N1. The van der Waals surface area contributed by atoms with Gasteiger partial charge in [0.2, 0.25) is 0 Å². The molecule has 3 atom stereocenters. The van der Waals surface area contributed by atoms with Crippen LogP contribution in [0.4, 0.5) is 24.5 Å². The maximum atomic E-state index is 12.9. The molecule has 0 saturated carbocycles. The molecule has 1 heterocycles. The molecule has 0 radical (unpaired) electrons. The van der Waals surface area contributed by atoms with Gasteiger partial charge in [0.1, 0.15) is 23.2 Å². The van der Waals surface area contributed by atoms with Crippen LogP contribution in [-0.2, 0) is 23.8 Å². The van der Waals surface area contributed by atoms with Crippen LogP contribution in [0.5, 0.6) is 0 Å². The van der Waals surface area contributed by atoms with Crippen LogP contribution in [0.3, 0.4) is 0 Å². The van der Waals surface area contributed by atoms with Crippen LogP contribution in [0.25, 0.3) is 0 Å². The van der Waals surface area contributed by atoms with Crippen molar-refractivity contribution < 1.29 is 27.8 Å². The molecule has 2 rings (SSSR count). The van der Waals surface area contributed by atoms with Crippen molar-refractivity contribution in [3.8, 4) is 0 Å². The van der Waals surface area contributed by atoms with E-state index in [1.54, 1.807) is 6.92 Å². The number of nitrogens with one attached hydrogen (secondary N) is 1. The predicted octanol–water partition coefficient (Wildman–Crippen LogP) is 2.08. The van der Waals surface area contributed by atoms with Gasteiger partial charge in [-0.1, -0.05) is 11.2 Å². The standard InChI is InChI=1S/C13H15F3N2O4S/c1-2-23(22)6-12(19)10-3-7-4-11(18(20)21)8(13(14,15)16)5-9(7)17-10/h4-5,10,12,17,19H,2-3,6H2,1H3. The van der Waals surface area contributed by atoms with Crippen LogP contribution in [0.15, 0.2) is 12.1 Å². The number of nitro groups is 1. The maximum Gasteiger partial charge on any atom is 0.423 e. The van der Waals surface area contributed by atoms with Gasteiger partial charge in [-0.3, -0.25) is 10.1 Å². The van der Waals surface area contributed by atoms with Gasteiger partial charge in [0.15, 0.2) is 0 Å². The van der Waals surface area contributed by atoms with E-state index in [0.29, 0.717) is 17.4 Å². The number of alkyl halides is 3. The minimum atomic E-state index is -4.85. The summed E-state index contributed by atoms with van der Waals surface area (Å²) in [6.45, 7) is 1.69. The van der Waals surface area contributed by atoms with Gasteiger partial charge in [-0.15, -0.1) is 0 Å². The minimum Gasteiger partial charge on any atom is -0.616 e. The molecule has 23 heavy (non-hydrogen) atoms. The van der Waals surface area contributed by atoms with Crippen molar-refractivity contribution in [3.63, 3.8) is 0 Å². The number of aliphatic hydroxyl groups is 1. The highest BCUT2D eigenvalue weighted by molar-refractivity contribution is 7.91. The molecule has 1 aromatic rings. The van der Waals surface area contributed by atoms with Crippen LogP contribution < -0.4 is 5.32 Å². The van der Waals surface area contributed by atoms with Gasteiger partial charge in [0.05, 0.1) is 11.0 Å². The molecule has 0 spiro atoms. The Morgan fingerprint density at radius 1 is 1.52 bits per heavy atom. The van der Waals surface area contributed by atoms with Crippen LogP contribution >= 0.6 is 0 Å². The summed E-state index contributed by atoms with van der Waals surface area (Å²) in [6.07, 6.45) is -5.73. The van der Waals surface area contributed by atoms with Crippen molar-refractivity contribution in [2.75, 3.05) is 16.8 Å². The molecule has 1 aliphatic heterocycles. The molecule has 10 heteroatoms. The summed E-state index contributed by atoms with van der Waals surface area (Å²) in [5, 5.41) is 23.6. The number of anilines is 1. The highest BCUT2D eigenvalue weighted by Gasteiger charge is 2.41. The first-order valence-corrected chi connectivity index (χ1v) is 8.30. The van der Waals surface area contributed by atoms with E-state index in [2.05, 4.69) is 5.32 Å². The second-order valence-corrected chi connectivity index (χ2v) is 6.99. The van der Waals surface area contributed by atoms with Gasteiger partial charge in [0.25, 0.3) is 5.69 Å². The van der Waals surface area contributed by atoms with Crippen LogP contribution in [0.1, 0.15) is 18.1 Å². The minimum absolute atomic E-state index is 0.00359. The third-order valence-corrected chi connectivity index (χ3v) is 5.00. The zero-order valence-electron chi connectivity index (χ0n) is 12.1. The molecule has 1 aliphatic rings. The first kappa shape index (κ1) is 17.8. The van der Waals surface area contributed by atoms with Gasteiger partial charge in [0, 0.05) is 11.8 Å². The zero-order valence-corrected chi connectivity index (χ0v) is 12.9. The summed E-state index contributed by atoms with van der Waals surface area (Å²) in [4.78, 5) is 9.79. The Hall–Kier alpha value is -1.52. The molecule has 1 aromatic carbocycles. The van der Waals surface area contributed by atoms with Crippen molar-refractivity contribution in [1.82, 2.24) is 0 Å². The molecular weight excluding hydrogens is 337 g/mol. The zero-order chi connectivity index (χ0) is 17.4. The number of fused-ring (bicyclic) bond motifs is 1. The second kappa shape index (κ2) is 6.54. The Morgan fingerprint density at radius 2 is 2.17 bits per heavy atom. The van der Waals surface area contributed by atoms with Crippen molar-refractivity contribution in [2.24, 2.45) is 0 Å².